The van der Waals surface area contributed by atoms with Gasteiger partial charge in [0.25, 0.3) is 0 Å². The normalized spacial score (nSPS) is 8.82. The molecule has 1 heterocycles. The molecular weight excluding hydrogens is 146 g/mol. The van der Waals surface area contributed by atoms with Gasteiger partial charge < -0.3 is 4.74 Å². The third-order valence-corrected chi connectivity index (χ3v) is 0.951. The fourth-order valence-electron chi connectivity index (χ4n) is 0.486. The van der Waals surface area contributed by atoms with Crippen molar-refractivity contribution in [2.24, 2.45) is 0 Å². The van der Waals surface area contributed by atoms with E-state index in [2.05, 4.69) is 26.3 Å². The lowest BCUT2D eigenvalue weighted by molar-refractivity contribution is 0.187. The zero-order chi connectivity index (χ0) is 8.10. The van der Waals surface area contributed by atoms with E-state index in [1.807, 2.05) is 0 Å². The van der Waals surface area contributed by atoms with Gasteiger partial charge in [-0.05, 0) is 6.07 Å². The molecule has 1 radical (unpaired) electrons. The van der Waals surface area contributed by atoms with Crippen molar-refractivity contribution >= 4 is 11.9 Å². The number of nitrogens with zero attached hydrogens (tertiary/aromatic N) is 2. The number of hydrogen-bond acceptors (Lipinski definition) is 4. The predicted octanol–water partition coefficient (Wildman–Crippen LogP) is 0.455. The highest BCUT2D eigenvalue weighted by molar-refractivity contribution is 5.82. The number of aromatic nitrogens is 2. The van der Waals surface area contributed by atoms with Crippen LogP contribution in [-0.4, -0.2) is 23.2 Å². The van der Waals surface area contributed by atoms with Gasteiger partial charge in [0.1, 0.15) is 5.82 Å². The minimum Gasteiger partial charge on any atom is -0.453 e. The lowest BCUT2D eigenvalue weighted by Crippen LogP contribution is -2.11. The maximum absolute atomic E-state index is 10.6. The summed E-state index contributed by atoms with van der Waals surface area (Å²) in [7, 11) is 1.28. The van der Waals surface area contributed by atoms with E-state index >= 15 is 0 Å². The number of hydrogen-bond donors (Lipinski definition) is 1. The quantitative estimate of drug-likeness (QED) is 0.634. The SMILES string of the molecule is COC(=O)Nc1ccn[c]n1. The molecule has 0 aliphatic rings. The first-order valence-electron chi connectivity index (χ1n) is 2.87. The van der Waals surface area contributed by atoms with Gasteiger partial charge in [0.05, 0.1) is 7.11 Å². The summed E-state index contributed by atoms with van der Waals surface area (Å²) >= 11 is 0. The lowest BCUT2D eigenvalue weighted by Gasteiger charge is -1.99. The molecule has 0 aromatic carbocycles. The molecule has 1 rings (SSSR count). The molecule has 1 aromatic heterocycles. The highest BCUT2D eigenvalue weighted by atomic mass is 16.5. The first kappa shape index (κ1) is 7.46. The van der Waals surface area contributed by atoms with Crippen molar-refractivity contribution in [1.29, 1.82) is 0 Å². The monoisotopic (exact) mass is 152 g/mol. The molecule has 0 saturated heterocycles. The molecule has 0 fully saturated rings. The van der Waals surface area contributed by atoms with Gasteiger partial charge in [-0.2, -0.15) is 0 Å². The zero-order valence-corrected chi connectivity index (χ0v) is 5.87. The second kappa shape index (κ2) is 3.50. The summed E-state index contributed by atoms with van der Waals surface area (Å²) < 4.78 is 4.33. The van der Waals surface area contributed by atoms with Gasteiger partial charge >= 0.3 is 6.09 Å². The molecule has 11 heavy (non-hydrogen) atoms. The molecule has 0 aliphatic heterocycles. The highest BCUT2D eigenvalue weighted by Gasteiger charge is 1.98. The fourth-order valence-corrected chi connectivity index (χ4v) is 0.486. The van der Waals surface area contributed by atoms with Crippen LogP contribution in [0, 0.1) is 6.33 Å². The molecule has 1 aromatic rings. The molecule has 0 saturated carbocycles. The van der Waals surface area contributed by atoms with Crippen molar-refractivity contribution < 1.29 is 9.53 Å². The van der Waals surface area contributed by atoms with E-state index in [1.165, 1.54) is 19.4 Å². The van der Waals surface area contributed by atoms with Crippen LogP contribution in [0.4, 0.5) is 10.6 Å². The first-order chi connectivity index (χ1) is 5.33. The van der Waals surface area contributed by atoms with Crippen LogP contribution in [0.2, 0.25) is 0 Å². The van der Waals surface area contributed by atoms with Crippen LogP contribution in [0.1, 0.15) is 0 Å². The number of nitrogens with one attached hydrogen (secondary N) is 1. The molecule has 1 amide bonds. The predicted molar refractivity (Wildman–Crippen MR) is 36.9 cm³/mol. The van der Waals surface area contributed by atoms with Gasteiger partial charge in [0.15, 0.2) is 6.33 Å². The topological polar surface area (TPSA) is 64.1 Å². The second-order valence-electron chi connectivity index (χ2n) is 1.66. The summed E-state index contributed by atoms with van der Waals surface area (Å²) in [5.41, 5.74) is 0. The zero-order valence-electron chi connectivity index (χ0n) is 5.87. The summed E-state index contributed by atoms with van der Waals surface area (Å²) in [6, 6.07) is 1.54. The first-order valence-corrected chi connectivity index (χ1v) is 2.87. The van der Waals surface area contributed by atoms with E-state index < -0.39 is 6.09 Å². The van der Waals surface area contributed by atoms with E-state index in [4.69, 9.17) is 0 Å². The van der Waals surface area contributed by atoms with Gasteiger partial charge in [0, 0.05) is 6.20 Å². The maximum atomic E-state index is 10.6. The Bertz CT molecular complexity index is 237. The summed E-state index contributed by atoms with van der Waals surface area (Å²) in [6.07, 6.45) is 3.23. The van der Waals surface area contributed by atoms with Crippen LogP contribution in [-0.2, 0) is 4.74 Å². The maximum Gasteiger partial charge on any atom is 0.412 e. The summed E-state index contributed by atoms with van der Waals surface area (Å²) in [4.78, 5) is 17.7. The van der Waals surface area contributed by atoms with Crippen molar-refractivity contribution in [2.45, 2.75) is 0 Å². The molecule has 0 aliphatic carbocycles. The molecule has 1 N–H and O–H groups in total. The number of anilines is 1. The third kappa shape index (κ3) is 2.21. The fraction of sp³-hybridized carbons (Fsp3) is 0.167. The van der Waals surface area contributed by atoms with E-state index in [0.29, 0.717) is 5.82 Å². The third-order valence-electron chi connectivity index (χ3n) is 0.951. The summed E-state index contributed by atoms with van der Waals surface area (Å²) in [6.45, 7) is 0. The van der Waals surface area contributed by atoms with Crippen molar-refractivity contribution in [2.75, 3.05) is 12.4 Å². The Hall–Kier alpha value is -1.65. The number of rotatable bonds is 1. The van der Waals surface area contributed by atoms with Gasteiger partial charge in [-0.15, -0.1) is 0 Å². The Balaban J connectivity index is 2.58. The van der Waals surface area contributed by atoms with E-state index in [1.54, 1.807) is 0 Å². The number of amides is 1. The minimum absolute atomic E-state index is 0.367. The molecule has 0 unspecified atom stereocenters. The van der Waals surface area contributed by atoms with Crippen LogP contribution in [0.25, 0.3) is 0 Å². The van der Waals surface area contributed by atoms with Crippen molar-refractivity contribution in [3.63, 3.8) is 0 Å². The largest absolute Gasteiger partial charge is 0.453 e. The van der Waals surface area contributed by atoms with Crippen molar-refractivity contribution in [3.05, 3.63) is 18.6 Å². The molecule has 0 atom stereocenters. The van der Waals surface area contributed by atoms with Crippen LogP contribution < -0.4 is 5.32 Å². The van der Waals surface area contributed by atoms with E-state index in [0.717, 1.165) is 0 Å². The van der Waals surface area contributed by atoms with Gasteiger partial charge in [0.2, 0.25) is 0 Å². The molecule has 5 heteroatoms. The van der Waals surface area contributed by atoms with Gasteiger partial charge in [-0.25, -0.2) is 14.8 Å². The van der Waals surface area contributed by atoms with Gasteiger partial charge in [-0.3, -0.25) is 5.32 Å². The number of carbonyl (C=O) groups excluding carboxylic acids is 1. The van der Waals surface area contributed by atoms with Crippen LogP contribution in [0.3, 0.4) is 0 Å². The molecule has 0 spiro atoms. The van der Waals surface area contributed by atoms with Crippen LogP contribution in [0.15, 0.2) is 12.3 Å². The summed E-state index contributed by atoms with van der Waals surface area (Å²) in [5.74, 6) is 0.367. The van der Waals surface area contributed by atoms with Gasteiger partial charge in [-0.1, -0.05) is 0 Å². The second-order valence-corrected chi connectivity index (χ2v) is 1.66. The van der Waals surface area contributed by atoms with Crippen LogP contribution in [0.5, 0.6) is 0 Å². The standard InChI is InChI=1S/C6H6N3O2/c1-11-6(10)9-5-2-3-7-4-8-5/h2-3H,1H3,(H,7,8,9,10). The molecular formula is C6H6N3O2. The molecule has 0 bridgehead atoms. The average molecular weight is 152 g/mol. The van der Waals surface area contributed by atoms with Crippen molar-refractivity contribution in [1.82, 2.24) is 9.97 Å². The summed E-state index contributed by atoms with van der Waals surface area (Å²) in [5, 5.41) is 2.35. The average Bonchev–Trinajstić information content (AvgIpc) is 2.06. The smallest absolute Gasteiger partial charge is 0.412 e. The Labute approximate surface area is 63.4 Å². The van der Waals surface area contributed by atoms with Crippen molar-refractivity contribution in [3.8, 4) is 0 Å². The highest BCUT2D eigenvalue weighted by Crippen LogP contribution is 1.97. The van der Waals surface area contributed by atoms with E-state index in [9.17, 15) is 4.79 Å². The lowest BCUT2D eigenvalue weighted by atomic mass is 10.6. The molecule has 57 valence electrons. The van der Waals surface area contributed by atoms with E-state index in [-0.39, 0.29) is 0 Å². The Kier molecular flexibility index (Phi) is 2.37. The number of ether oxygens (including phenoxy) is 1. The van der Waals surface area contributed by atoms with Crippen LogP contribution >= 0.6 is 0 Å². The molecule has 5 nitrogen and oxygen atoms in total. The minimum atomic E-state index is -0.558. The Morgan fingerprint density at radius 2 is 2.64 bits per heavy atom. The number of carbonyl (C=O) groups is 1. The Morgan fingerprint density at radius 1 is 1.82 bits per heavy atom. The Morgan fingerprint density at radius 3 is 3.18 bits per heavy atom. The number of methoxy groups -OCH3 is 1.